The molecule has 0 spiro atoms. The van der Waals surface area contributed by atoms with Gasteiger partial charge in [0.15, 0.2) is 0 Å². The van der Waals surface area contributed by atoms with Gasteiger partial charge in [0.05, 0.1) is 0 Å². The maximum atomic E-state index is 12.1. The van der Waals surface area contributed by atoms with Gasteiger partial charge in [-0.2, -0.15) is 0 Å². The van der Waals surface area contributed by atoms with Gasteiger partial charge in [-0.1, -0.05) is 0 Å². The summed E-state index contributed by atoms with van der Waals surface area (Å²) in [6, 6.07) is 38.6. The molecule has 0 amide bonds. The van der Waals surface area contributed by atoms with Crippen LogP contribution in [0.5, 0.6) is 0 Å². The van der Waals surface area contributed by atoms with E-state index < -0.39 is 22.9 Å². The van der Waals surface area contributed by atoms with Crippen LogP contribution < -0.4 is 14.0 Å². The van der Waals surface area contributed by atoms with Gasteiger partial charge < -0.3 is 5.48 Å². The summed E-state index contributed by atoms with van der Waals surface area (Å²) in [4.78, 5) is 12.1. The van der Waals surface area contributed by atoms with E-state index in [0.29, 0.717) is 0 Å². The average Bonchev–Trinajstić information content (AvgIpc) is 2.80. The summed E-state index contributed by atoms with van der Waals surface area (Å²) in [6.45, 7) is 0. The van der Waals surface area contributed by atoms with Crippen molar-refractivity contribution in [3.8, 4) is 0 Å². The molecule has 0 aliphatic carbocycles. The second-order valence-electron chi connectivity index (χ2n) is 6.68. The molecule has 0 radical (unpaired) electrons. The van der Waals surface area contributed by atoms with Crippen LogP contribution in [-0.2, 0) is 3.12 Å². The molecule has 4 aromatic carbocycles. The molecular formula is C24H22NO4Sb. The van der Waals surface area contributed by atoms with E-state index in [9.17, 15) is 10.1 Å². The SMILES string of the molecule is O.O=[N+]([O-])[O][Sb]([c]1ccccc1)([c]1ccccc1)([c]1ccccc1)[c]1ccccc1. The van der Waals surface area contributed by atoms with Gasteiger partial charge in [-0.05, 0) is 0 Å². The van der Waals surface area contributed by atoms with E-state index in [0.717, 1.165) is 14.0 Å². The van der Waals surface area contributed by atoms with Gasteiger partial charge in [0, 0.05) is 0 Å². The van der Waals surface area contributed by atoms with E-state index in [1.165, 1.54) is 0 Å². The Balaban J connectivity index is 0.00000256. The van der Waals surface area contributed by atoms with Crippen LogP contribution in [0.15, 0.2) is 121 Å². The van der Waals surface area contributed by atoms with Crippen molar-refractivity contribution in [1.82, 2.24) is 0 Å². The Hall–Kier alpha value is -3.14. The Bertz CT molecular complexity index is 938. The van der Waals surface area contributed by atoms with Crippen LogP contribution in [0.3, 0.4) is 0 Å². The van der Waals surface area contributed by atoms with Gasteiger partial charge in [-0.3, -0.25) is 0 Å². The first-order valence-electron chi connectivity index (χ1n) is 9.27. The third kappa shape index (κ3) is 3.17. The van der Waals surface area contributed by atoms with Crippen LogP contribution in [0.2, 0.25) is 0 Å². The molecular weight excluding hydrogens is 488 g/mol. The molecule has 0 heterocycles. The standard InChI is InChI=1S/4C6H5.NO3.H2O.Sb/c4*1-2-4-6-5-3-1;2-1(3)4;;/h4*1-5H;;1H2;/q;;;;-1;;+1. The number of benzene rings is 4. The molecule has 0 aliphatic rings. The first-order chi connectivity index (χ1) is 14.2. The minimum absolute atomic E-state index is 0. The number of rotatable bonds is 6. The van der Waals surface area contributed by atoms with Gasteiger partial charge in [0.25, 0.3) is 0 Å². The van der Waals surface area contributed by atoms with Crippen molar-refractivity contribution in [2.75, 3.05) is 0 Å². The Labute approximate surface area is 176 Å². The zero-order valence-electron chi connectivity index (χ0n) is 16.2. The van der Waals surface area contributed by atoms with Gasteiger partial charge in [0.2, 0.25) is 0 Å². The van der Waals surface area contributed by atoms with E-state index in [1.54, 1.807) is 0 Å². The Morgan fingerprint density at radius 3 is 0.967 bits per heavy atom. The molecule has 0 aliphatic heterocycles. The van der Waals surface area contributed by atoms with Gasteiger partial charge in [-0.25, -0.2) is 0 Å². The monoisotopic (exact) mass is 509 g/mol. The first kappa shape index (κ1) is 21.6. The van der Waals surface area contributed by atoms with Crippen molar-refractivity contribution in [1.29, 1.82) is 0 Å². The Kier molecular flexibility index (Phi) is 6.25. The van der Waals surface area contributed by atoms with Crippen molar-refractivity contribution in [2.24, 2.45) is 0 Å². The quantitative estimate of drug-likeness (QED) is 0.226. The summed E-state index contributed by atoms with van der Waals surface area (Å²) in [5.41, 5.74) is 0. The fourth-order valence-electron chi connectivity index (χ4n) is 4.07. The summed E-state index contributed by atoms with van der Waals surface area (Å²) in [5.74, 6) is 0. The molecule has 4 aromatic rings. The molecule has 0 unspecified atom stereocenters. The fraction of sp³-hybridized carbons (Fsp3) is 0. The summed E-state index contributed by atoms with van der Waals surface area (Å²) >= 11 is -5.28. The molecule has 6 heteroatoms. The van der Waals surface area contributed by atoms with Crippen molar-refractivity contribution >= 4 is 31.9 Å². The topological polar surface area (TPSA) is 83.9 Å². The zero-order valence-corrected chi connectivity index (χ0v) is 18.7. The number of nitrogens with zero attached hydrogens (tertiary/aromatic N) is 1. The molecule has 0 saturated carbocycles. The van der Waals surface area contributed by atoms with E-state index in [1.807, 2.05) is 121 Å². The van der Waals surface area contributed by atoms with E-state index >= 15 is 0 Å². The van der Waals surface area contributed by atoms with Gasteiger partial charge in [-0.15, -0.1) is 0 Å². The molecule has 0 saturated heterocycles. The second-order valence-corrected chi connectivity index (χ2v) is 19.0. The molecule has 152 valence electrons. The molecule has 0 fully saturated rings. The molecule has 0 atom stereocenters. The van der Waals surface area contributed by atoms with Crippen LogP contribution >= 0.6 is 0 Å². The van der Waals surface area contributed by atoms with Crippen LogP contribution in [-0.4, -0.2) is 28.4 Å². The normalized spacial score (nSPS) is 12.1. The van der Waals surface area contributed by atoms with Crippen LogP contribution in [0.25, 0.3) is 0 Å². The summed E-state index contributed by atoms with van der Waals surface area (Å²) in [6.07, 6.45) is 0. The molecule has 4 rings (SSSR count). The van der Waals surface area contributed by atoms with Crippen molar-refractivity contribution in [3.05, 3.63) is 131 Å². The minimum atomic E-state index is -5.28. The number of hydrogen-bond acceptors (Lipinski definition) is 3. The van der Waals surface area contributed by atoms with Crippen LogP contribution in [0.1, 0.15) is 0 Å². The third-order valence-corrected chi connectivity index (χ3v) is 21.2. The van der Waals surface area contributed by atoms with Crippen molar-refractivity contribution in [2.45, 2.75) is 0 Å². The molecule has 30 heavy (non-hydrogen) atoms. The molecule has 0 bridgehead atoms. The number of hydrogen-bond donors (Lipinski definition) is 0. The zero-order chi connectivity index (χ0) is 20.2. The summed E-state index contributed by atoms with van der Waals surface area (Å²) in [7, 11) is 0. The van der Waals surface area contributed by atoms with Crippen molar-refractivity contribution in [3.63, 3.8) is 0 Å². The van der Waals surface area contributed by atoms with Crippen molar-refractivity contribution < 1.29 is 13.7 Å². The maximum absolute atomic E-state index is 12.1. The van der Waals surface area contributed by atoms with Crippen LogP contribution in [0.4, 0.5) is 0 Å². The second kappa shape index (κ2) is 8.70. The summed E-state index contributed by atoms with van der Waals surface area (Å²) in [5, 5.41) is 11.5. The third-order valence-electron chi connectivity index (χ3n) is 5.23. The summed E-state index contributed by atoms with van der Waals surface area (Å²) < 4.78 is 9.48. The molecule has 0 aromatic heterocycles. The fourth-order valence-corrected chi connectivity index (χ4v) is 19.5. The van der Waals surface area contributed by atoms with Gasteiger partial charge >= 0.3 is 172 Å². The Morgan fingerprint density at radius 1 is 0.533 bits per heavy atom. The first-order valence-corrected chi connectivity index (χ1v) is 15.4. The van der Waals surface area contributed by atoms with E-state index in [2.05, 4.69) is 0 Å². The molecule has 2 N–H and O–H groups in total. The van der Waals surface area contributed by atoms with Crippen LogP contribution in [0, 0.1) is 10.1 Å². The predicted octanol–water partition coefficient (Wildman–Crippen LogP) is 1.90. The van der Waals surface area contributed by atoms with E-state index in [-0.39, 0.29) is 5.48 Å². The Morgan fingerprint density at radius 2 is 0.767 bits per heavy atom. The van der Waals surface area contributed by atoms with E-state index in [4.69, 9.17) is 3.12 Å². The predicted molar refractivity (Wildman–Crippen MR) is 122 cm³/mol. The average molecular weight is 510 g/mol. The molecule has 5 nitrogen and oxygen atoms in total. The van der Waals surface area contributed by atoms with Gasteiger partial charge in [0.1, 0.15) is 0 Å².